The number of halogens is 4. The summed E-state index contributed by atoms with van der Waals surface area (Å²) < 4.78 is 59.4. The number of aryl methyl sites for hydroxylation is 2. The number of aromatic nitrogens is 3. The fourth-order valence-electron chi connectivity index (χ4n) is 2.56. The SMILES string of the molecule is CCn1c(=O)oc2cc(F)c(-c3nn(C)c(C(F)(F)F)cc3=O)cc21. The third-order valence-corrected chi connectivity index (χ3v) is 3.72. The first-order chi connectivity index (χ1) is 11.6. The van der Waals surface area contributed by atoms with Gasteiger partial charge in [-0.2, -0.15) is 18.3 Å². The van der Waals surface area contributed by atoms with E-state index in [0.29, 0.717) is 10.7 Å². The maximum atomic E-state index is 14.3. The number of benzene rings is 1. The van der Waals surface area contributed by atoms with E-state index in [2.05, 4.69) is 5.10 Å². The van der Waals surface area contributed by atoms with E-state index < -0.39 is 34.6 Å². The molecule has 0 fully saturated rings. The summed E-state index contributed by atoms with van der Waals surface area (Å²) in [5, 5.41) is 3.57. The zero-order valence-electron chi connectivity index (χ0n) is 13.0. The molecular weight excluding hydrogens is 346 g/mol. The molecule has 3 rings (SSSR count). The van der Waals surface area contributed by atoms with Gasteiger partial charge in [-0.3, -0.25) is 14.0 Å². The minimum atomic E-state index is -4.77. The van der Waals surface area contributed by atoms with Gasteiger partial charge in [0.05, 0.1) is 5.52 Å². The lowest BCUT2D eigenvalue weighted by Crippen LogP contribution is -2.22. The molecule has 6 nitrogen and oxygen atoms in total. The molecule has 0 saturated carbocycles. The average Bonchev–Trinajstić information content (AvgIpc) is 2.81. The maximum absolute atomic E-state index is 14.3. The highest BCUT2D eigenvalue weighted by Gasteiger charge is 2.34. The summed E-state index contributed by atoms with van der Waals surface area (Å²) in [6.45, 7) is 1.89. The second-order valence-corrected chi connectivity index (χ2v) is 5.28. The van der Waals surface area contributed by atoms with Crippen molar-refractivity contribution in [2.75, 3.05) is 0 Å². The molecule has 2 heterocycles. The average molecular weight is 357 g/mol. The van der Waals surface area contributed by atoms with Crippen LogP contribution in [0.25, 0.3) is 22.4 Å². The minimum Gasteiger partial charge on any atom is -0.408 e. The quantitative estimate of drug-likeness (QED) is 0.661. The Morgan fingerprint density at radius 2 is 1.88 bits per heavy atom. The Labute approximate surface area is 136 Å². The van der Waals surface area contributed by atoms with Gasteiger partial charge >= 0.3 is 11.9 Å². The Bertz CT molecular complexity index is 1090. The molecule has 10 heteroatoms. The van der Waals surface area contributed by atoms with Crippen molar-refractivity contribution in [3.8, 4) is 11.3 Å². The lowest BCUT2D eigenvalue weighted by atomic mass is 10.1. The number of oxazole rings is 1. The Morgan fingerprint density at radius 3 is 2.48 bits per heavy atom. The van der Waals surface area contributed by atoms with Gasteiger partial charge in [-0.05, 0) is 13.0 Å². The smallest absolute Gasteiger partial charge is 0.408 e. The molecule has 0 atom stereocenters. The molecule has 132 valence electrons. The van der Waals surface area contributed by atoms with Crippen molar-refractivity contribution in [3.05, 3.63) is 50.5 Å². The molecule has 0 aliphatic heterocycles. The van der Waals surface area contributed by atoms with E-state index in [1.807, 2.05) is 0 Å². The van der Waals surface area contributed by atoms with Crippen LogP contribution in [0.3, 0.4) is 0 Å². The number of hydrogen-bond acceptors (Lipinski definition) is 4. The lowest BCUT2D eigenvalue weighted by Gasteiger charge is -2.12. The van der Waals surface area contributed by atoms with Gasteiger partial charge in [-0.1, -0.05) is 0 Å². The van der Waals surface area contributed by atoms with E-state index in [1.54, 1.807) is 6.92 Å². The third-order valence-electron chi connectivity index (χ3n) is 3.72. The summed E-state index contributed by atoms with van der Waals surface area (Å²) >= 11 is 0. The fraction of sp³-hybridized carbons (Fsp3) is 0.267. The molecule has 2 aromatic heterocycles. The second kappa shape index (κ2) is 5.57. The highest BCUT2D eigenvalue weighted by atomic mass is 19.4. The molecule has 1 aromatic carbocycles. The largest absolute Gasteiger partial charge is 0.433 e. The van der Waals surface area contributed by atoms with Crippen molar-refractivity contribution in [2.45, 2.75) is 19.6 Å². The van der Waals surface area contributed by atoms with E-state index in [-0.39, 0.29) is 23.2 Å². The lowest BCUT2D eigenvalue weighted by molar-refractivity contribution is -0.144. The number of fused-ring (bicyclic) bond motifs is 1. The van der Waals surface area contributed by atoms with Crippen molar-refractivity contribution in [2.24, 2.45) is 7.05 Å². The van der Waals surface area contributed by atoms with Gasteiger partial charge < -0.3 is 4.42 Å². The number of hydrogen-bond donors (Lipinski definition) is 0. The highest BCUT2D eigenvalue weighted by molar-refractivity contribution is 5.80. The molecule has 0 saturated heterocycles. The predicted octanol–water partition coefficient (Wildman–Crippen LogP) is 2.53. The van der Waals surface area contributed by atoms with Crippen LogP contribution in [0, 0.1) is 5.82 Å². The Morgan fingerprint density at radius 1 is 1.20 bits per heavy atom. The molecule has 0 aliphatic carbocycles. The standard InChI is InChI=1S/C15H11F4N3O3/c1-3-22-9-4-7(8(16)5-11(9)25-14(22)24)13-10(23)6-12(15(17,18)19)21(2)20-13/h4-6H,3H2,1-2H3. The first kappa shape index (κ1) is 16.9. The molecule has 0 aliphatic rings. The van der Waals surface area contributed by atoms with Crippen LogP contribution >= 0.6 is 0 Å². The number of alkyl halides is 3. The number of rotatable bonds is 2. The fourth-order valence-corrected chi connectivity index (χ4v) is 2.56. The van der Waals surface area contributed by atoms with E-state index in [9.17, 15) is 27.2 Å². The van der Waals surface area contributed by atoms with Gasteiger partial charge in [0.25, 0.3) is 0 Å². The summed E-state index contributed by atoms with van der Waals surface area (Å²) in [5.74, 6) is -1.64. The van der Waals surface area contributed by atoms with Gasteiger partial charge in [0.1, 0.15) is 17.2 Å². The van der Waals surface area contributed by atoms with E-state index in [1.165, 1.54) is 4.57 Å². The van der Waals surface area contributed by atoms with Gasteiger partial charge in [0, 0.05) is 31.3 Å². The maximum Gasteiger partial charge on any atom is 0.433 e. The van der Waals surface area contributed by atoms with Crippen LogP contribution in [-0.4, -0.2) is 14.3 Å². The van der Waals surface area contributed by atoms with Crippen molar-refractivity contribution in [1.82, 2.24) is 14.3 Å². The van der Waals surface area contributed by atoms with Crippen LogP contribution in [0.1, 0.15) is 12.6 Å². The van der Waals surface area contributed by atoms with Crippen molar-refractivity contribution in [3.63, 3.8) is 0 Å². The Balaban J connectivity index is 2.30. The Kier molecular flexibility index (Phi) is 3.77. The van der Waals surface area contributed by atoms with Crippen molar-refractivity contribution in [1.29, 1.82) is 0 Å². The molecule has 3 aromatic rings. The molecule has 25 heavy (non-hydrogen) atoms. The molecule has 0 unspecified atom stereocenters. The zero-order chi connectivity index (χ0) is 18.5. The van der Waals surface area contributed by atoms with Crippen molar-refractivity contribution < 1.29 is 22.0 Å². The molecule has 0 spiro atoms. The van der Waals surface area contributed by atoms with Crippen LogP contribution in [0.2, 0.25) is 0 Å². The zero-order valence-corrected chi connectivity index (χ0v) is 13.0. The van der Waals surface area contributed by atoms with Gasteiger partial charge in [0.2, 0.25) is 5.43 Å². The van der Waals surface area contributed by atoms with Crippen LogP contribution in [0.15, 0.2) is 32.2 Å². The van der Waals surface area contributed by atoms with E-state index in [4.69, 9.17) is 4.42 Å². The normalized spacial score (nSPS) is 12.1. The molecule has 0 radical (unpaired) electrons. The Hall–Kier alpha value is -2.91. The van der Waals surface area contributed by atoms with Crippen LogP contribution in [-0.2, 0) is 19.8 Å². The van der Waals surface area contributed by atoms with Gasteiger partial charge in [-0.25, -0.2) is 9.18 Å². The van der Waals surface area contributed by atoms with Gasteiger partial charge in [-0.15, -0.1) is 0 Å². The second-order valence-electron chi connectivity index (χ2n) is 5.28. The first-order valence-electron chi connectivity index (χ1n) is 7.12. The van der Waals surface area contributed by atoms with E-state index in [0.717, 1.165) is 19.2 Å². The van der Waals surface area contributed by atoms with Gasteiger partial charge in [0.15, 0.2) is 5.58 Å². The summed E-state index contributed by atoms with van der Waals surface area (Å²) in [5.41, 5.74) is -2.96. The monoisotopic (exact) mass is 357 g/mol. The summed E-state index contributed by atoms with van der Waals surface area (Å²) in [4.78, 5) is 23.7. The summed E-state index contributed by atoms with van der Waals surface area (Å²) in [6, 6.07) is 2.42. The third kappa shape index (κ3) is 2.73. The predicted molar refractivity (Wildman–Crippen MR) is 79.6 cm³/mol. The summed E-state index contributed by atoms with van der Waals surface area (Å²) in [6.07, 6.45) is -4.77. The molecule has 0 N–H and O–H groups in total. The van der Waals surface area contributed by atoms with Crippen LogP contribution in [0.5, 0.6) is 0 Å². The van der Waals surface area contributed by atoms with Crippen molar-refractivity contribution >= 4 is 11.1 Å². The number of nitrogens with zero attached hydrogens (tertiary/aromatic N) is 3. The van der Waals surface area contributed by atoms with Crippen LogP contribution in [0.4, 0.5) is 17.6 Å². The molecular formula is C15H11F4N3O3. The first-order valence-corrected chi connectivity index (χ1v) is 7.12. The van der Waals surface area contributed by atoms with Crippen LogP contribution < -0.4 is 11.2 Å². The van der Waals surface area contributed by atoms with E-state index >= 15 is 0 Å². The topological polar surface area (TPSA) is 70.0 Å². The molecule has 0 bridgehead atoms. The highest BCUT2D eigenvalue weighted by Crippen LogP contribution is 2.29. The molecule has 0 amide bonds. The minimum absolute atomic E-state index is 0.0307. The summed E-state index contributed by atoms with van der Waals surface area (Å²) in [7, 11) is 1.00.